The van der Waals surface area contributed by atoms with E-state index in [2.05, 4.69) is 6.92 Å². The molecule has 0 fully saturated rings. The molecule has 0 radical (unpaired) electrons. The van der Waals surface area contributed by atoms with Gasteiger partial charge in [0.1, 0.15) is 0 Å². The van der Waals surface area contributed by atoms with Gasteiger partial charge in [-0.25, -0.2) is 5.48 Å². The minimum absolute atomic E-state index is 0.0637. The maximum Gasteiger partial charge on any atom is 0.274 e. The lowest BCUT2D eigenvalue weighted by atomic mass is 9.72. The summed E-state index contributed by atoms with van der Waals surface area (Å²) in [5.74, 6) is -0.403. The van der Waals surface area contributed by atoms with Crippen molar-refractivity contribution < 1.29 is 14.8 Å². The van der Waals surface area contributed by atoms with Crippen molar-refractivity contribution in [1.29, 1.82) is 0 Å². The van der Waals surface area contributed by atoms with Crippen molar-refractivity contribution >= 4 is 11.8 Å². The van der Waals surface area contributed by atoms with Gasteiger partial charge in [-0.05, 0) is 47.9 Å². The average molecular weight is 290 g/mol. The Hall–Kier alpha value is -1.88. The number of fused-ring (bicyclic) bond motifs is 1. The lowest BCUT2D eigenvalue weighted by Gasteiger charge is -2.38. The molecule has 1 aliphatic rings. The van der Waals surface area contributed by atoms with Crippen LogP contribution in [0.1, 0.15) is 41.8 Å². The zero-order valence-electron chi connectivity index (χ0n) is 12.8. The van der Waals surface area contributed by atoms with Gasteiger partial charge in [0.2, 0.25) is 5.91 Å². The first-order chi connectivity index (χ1) is 9.84. The van der Waals surface area contributed by atoms with Crippen LogP contribution in [0.3, 0.4) is 0 Å². The highest BCUT2D eigenvalue weighted by atomic mass is 16.5. The van der Waals surface area contributed by atoms with Crippen molar-refractivity contribution in [2.24, 2.45) is 5.41 Å². The number of nitrogens with one attached hydrogen (secondary N) is 1. The van der Waals surface area contributed by atoms with E-state index < -0.39 is 5.91 Å². The van der Waals surface area contributed by atoms with Gasteiger partial charge < -0.3 is 4.90 Å². The Labute approximate surface area is 124 Å². The number of benzene rings is 1. The third-order valence-corrected chi connectivity index (χ3v) is 4.34. The molecule has 21 heavy (non-hydrogen) atoms. The second kappa shape index (κ2) is 5.85. The van der Waals surface area contributed by atoms with E-state index in [1.54, 1.807) is 23.4 Å². The highest BCUT2D eigenvalue weighted by molar-refractivity contribution is 5.93. The number of carbonyl (C=O) groups is 2. The van der Waals surface area contributed by atoms with Crippen LogP contribution in [-0.2, 0) is 17.6 Å². The summed E-state index contributed by atoms with van der Waals surface area (Å²) in [4.78, 5) is 24.6. The second-order valence-corrected chi connectivity index (χ2v) is 6.29. The number of aryl methyl sites for hydroxylation is 1. The average Bonchev–Trinajstić information content (AvgIpc) is 2.45. The van der Waals surface area contributed by atoms with E-state index in [1.165, 1.54) is 5.56 Å². The summed E-state index contributed by atoms with van der Waals surface area (Å²) in [5.41, 5.74) is 4.57. The van der Waals surface area contributed by atoms with Gasteiger partial charge in [-0.1, -0.05) is 13.0 Å². The molecule has 0 aliphatic heterocycles. The molecular formula is C16H22N2O3. The molecule has 1 unspecified atom stereocenters. The summed E-state index contributed by atoms with van der Waals surface area (Å²) in [6, 6.07) is 5.52. The molecule has 1 aliphatic carbocycles. The summed E-state index contributed by atoms with van der Waals surface area (Å²) in [6.07, 6.45) is 2.74. The smallest absolute Gasteiger partial charge is 0.274 e. The first kappa shape index (κ1) is 15.5. The molecule has 2 N–H and O–H groups in total. The van der Waals surface area contributed by atoms with E-state index in [4.69, 9.17) is 5.21 Å². The largest absolute Gasteiger partial charge is 0.345 e. The summed E-state index contributed by atoms with van der Waals surface area (Å²) in [5, 5.41) is 8.69. The Morgan fingerprint density at radius 1 is 1.38 bits per heavy atom. The zero-order chi connectivity index (χ0) is 15.6. The molecule has 5 nitrogen and oxygen atoms in total. The van der Waals surface area contributed by atoms with Crippen molar-refractivity contribution in [2.45, 2.75) is 33.1 Å². The summed E-state index contributed by atoms with van der Waals surface area (Å²) >= 11 is 0. The number of hydroxylamine groups is 1. The topological polar surface area (TPSA) is 69.6 Å². The van der Waals surface area contributed by atoms with E-state index in [-0.39, 0.29) is 11.3 Å². The maximum absolute atomic E-state index is 11.4. The van der Waals surface area contributed by atoms with Gasteiger partial charge in [0.15, 0.2) is 0 Å². The number of hydrogen-bond acceptors (Lipinski definition) is 3. The van der Waals surface area contributed by atoms with Crippen LogP contribution < -0.4 is 5.48 Å². The van der Waals surface area contributed by atoms with Crippen LogP contribution in [0.2, 0.25) is 0 Å². The van der Waals surface area contributed by atoms with Crippen LogP contribution in [0.5, 0.6) is 0 Å². The van der Waals surface area contributed by atoms with E-state index in [9.17, 15) is 9.59 Å². The molecule has 5 heteroatoms. The molecule has 2 rings (SSSR count). The van der Waals surface area contributed by atoms with E-state index >= 15 is 0 Å². The summed E-state index contributed by atoms with van der Waals surface area (Å²) < 4.78 is 0. The highest BCUT2D eigenvalue weighted by Crippen LogP contribution is 2.36. The number of rotatable bonds is 3. The Morgan fingerprint density at radius 2 is 2.10 bits per heavy atom. The SMILES string of the molecule is CC(=O)N(C)CC1(C)CCc2cc(C(=O)NO)ccc2C1. The standard InChI is InChI=1S/C16H22N2O3/c1-11(19)18(3)10-16(2)7-6-12-8-13(15(20)17-21)4-5-14(12)9-16/h4-5,8,21H,6-7,9-10H2,1-3H3,(H,17,20). The lowest BCUT2D eigenvalue weighted by Crippen LogP contribution is -2.39. The molecular weight excluding hydrogens is 268 g/mol. The normalized spacial score (nSPS) is 20.6. The van der Waals surface area contributed by atoms with Crippen LogP contribution in [0, 0.1) is 5.41 Å². The molecule has 2 amide bonds. The zero-order valence-corrected chi connectivity index (χ0v) is 12.8. The predicted molar refractivity (Wildman–Crippen MR) is 79.1 cm³/mol. The Balaban J connectivity index is 2.17. The number of nitrogens with zero attached hydrogens (tertiary/aromatic N) is 1. The summed E-state index contributed by atoms with van der Waals surface area (Å²) in [7, 11) is 1.83. The molecule has 0 saturated heterocycles. The van der Waals surface area contributed by atoms with Gasteiger partial charge in [0.05, 0.1) is 0 Å². The number of amides is 2. The first-order valence-electron chi connectivity index (χ1n) is 7.12. The first-order valence-corrected chi connectivity index (χ1v) is 7.12. The molecule has 0 bridgehead atoms. The minimum atomic E-state index is -0.484. The Morgan fingerprint density at radius 3 is 2.71 bits per heavy atom. The fraction of sp³-hybridized carbons (Fsp3) is 0.500. The van der Waals surface area contributed by atoms with Gasteiger partial charge >= 0.3 is 0 Å². The molecule has 0 spiro atoms. The third kappa shape index (κ3) is 3.42. The molecule has 1 atom stereocenters. The van der Waals surface area contributed by atoms with E-state index in [1.807, 2.05) is 19.2 Å². The van der Waals surface area contributed by atoms with Crippen LogP contribution in [-0.4, -0.2) is 35.5 Å². The van der Waals surface area contributed by atoms with Gasteiger partial charge in [-0.2, -0.15) is 0 Å². The quantitative estimate of drug-likeness (QED) is 0.658. The number of hydrogen-bond donors (Lipinski definition) is 2. The molecule has 1 aromatic rings. The van der Waals surface area contributed by atoms with Crippen LogP contribution >= 0.6 is 0 Å². The Kier molecular flexibility index (Phi) is 4.32. The van der Waals surface area contributed by atoms with Crippen molar-refractivity contribution in [3.8, 4) is 0 Å². The van der Waals surface area contributed by atoms with Crippen molar-refractivity contribution in [2.75, 3.05) is 13.6 Å². The minimum Gasteiger partial charge on any atom is -0.345 e. The Bertz CT molecular complexity index is 571. The fourth-order valence-electron chi connectivity index (χ4n) is 3.04. The molecule has 1 aromatic carbocycles. The van der Waals surface area contributed by atoms with Gasteiger partial charge in [-0.3, -0.25) is 14.8 Å². The van der Waals surface area contributed by atoms with Gasteiger partial charge in [-0.15, -0.1) is 0 Å². The van der Waals surface area contributed by atoms with E-state index in [0.717, 1.165) is 31.4 Å². The molecule has 0 saturated carbocycles. The summed E-state index contributed by atoms with van der Waals surface area (Å²) in [6.45, 7) is 4.52. The second-order valence-electron chi connectivity index (χ2n) is 6.29. The van der Waals surface area contributed by atoms with E-state index in [0.29, 0.717) is 5.56 Å². The number of carbonyl (C=O) groups excluding carboxylic acids is 2. The van der Waals surface area contributed by atoms with Crippen molar-refractivity contribution in [3.05, 3.63) is 34.9 Å². The van der Waals surface area contributed by atoms with Crippen LogP contribution in [0.4, 0.5) is 0 Å². The van der Waals surface area contributed by atoms with Gasteiger partial charge in [0.25, 0.3) is 5.91 Å². The van der Waals surface area contributed by atoms with Gasteiger partial charge in [0, 0.05) is 26.1 Å². The predicted octanol–water partition coefficient (Wildman–Crippen LogP) is 1.78. The monoisotopic (exact) mass is 290 g/mol. The molecule has 0 aromatic heterocycles. The fourth-order valence-corrected chi connectivity index (χ4v) is 3.04. The van der Waals surface area contributed by atoms with Crippen LogP contribution in [0.15, 0.2) is 18.2 Å². The van der Waals surface area contributed by atoms with Crippen molar-refractivity contribution in [1.82, 2.24) is 10.4 Å². The van der Waals surface area contributed by atoms with Crippen molar-refractivity contribution in [3.63, 3.8) is 0 Å². The molecule has 114 valence electrons. The molecule has 0 heterocycles. The highest BCUT2D eigenvalue weighted by Gasteiger charge is 2.31. The maximum atomic E-state index is 11.4. The lowest BCUT2D eigenvalue weighted by molar-refractivity contribution is -0.129. The van der Waals surface area contributed by atoms with Crippen LogP contribution in [0.25, 0.3) is 0 Å². The third-order valence-electron chi connectivity index (χ3n) is 4.34.